The lowest BCUT2D eigenvalue weighted by Crippen LogP contribution is -3.06. The van der Waals surface area contributed by atoms with Crippen LogP contribution in [0.25, 0.3) is 0 Å². The number of carboxylic acids is 1. The van der Waals surface area contributed by atoms with Crippen LogP contribution in [0, 0.1) is 22.2 Å². The average molecular weight is 784 g/mol. The van der Waals surface area contributed by atoms with Gasteiger partial charge in [-0.05, 0) is 80.1 Å². The number of nitrogens with one attached hydrogen (secondary N) is 1. The van der Waals surface area contributed by atoms with Gasteiger partial charge in [0.1, 0.15) is 13.2 Å². The van der Waals surface area contributed by atoms with Gasteiger partial charge in [-0.1, -0.05) is 82.1 Å². The maximum atomic E-state index is 11.5. The van der Waals surface area contributed by atoms with E-state index in [2.05, 4.69) is 6.92 Å². The zero-order chi connectivity index (χ0) is 43.8. The molecule has 0 aliphatic rings. The van der Waals surface area contributed by atoms with Gasteiger partial charge in [0.2, 0.25) is 0 Å². The minimum Gasteiger partial charge on any atom is -0.550 e. The summed E-state index contributed by atoms with van der Waals surface area (Å²) in [6, 6.07) is 0. The Hall–Kier alpha value is -2.28. The van der Waals surface area contributed by atoms with Crippen LogP contribution in [0.4, 0.5) is 0 Å². The van der Waals surface area contributed by atoms with Crippen molar-refractivity contribution >= 4 is 23.9 Å². The number of ether oxygens (including phenoxy) is 5. The molecule has 0 fully saturated rings. The first-order valence-electron chi connectivity index (χ1n) is 20.4. The monoisotopic (exact) mass is 784 g/mol. The summed E-state index contributed by atoms with van der Waals surface area (Å²) >= 11 is 0. The summed E-state index contributed by atoms with van der Waals surface area (Å²) in [6.07, 6.45) is 6.75. The summed E-state index contributed by atoms with van der Waals surface area (Å²) < 4.78 is 25.2. The second-order valence-corrected chi connectivity index (χ2v) is 14.3. The molecule has 328 valence electrons. The fourth-order valence-electron chi connectivity index (χ4n) is 3.04. The number of aliphatic carboxylic acids is 1. The summed E-state index contributed by atoms with van der Waals surface area (Å²) in [6.45, 7) is 34.6. The molecular weight excluding hydrogens is 694 g/mol. The van der Waals surface area contributed by atoms with Crippen molar-refractivity contribution in [1.82, 2.24) is 0 Å². The van der Waals surface area contributed by atoms with Crippen molar-refractivity contribution in [2.75, 3.05) is 67.1 Å². The largest absolute Gasteiger partial charge is 0.550 e. The lowest BCUT2D eigenvalue weighted by molar-refractivity contribution is -0.858. The Bertz CT molecular complexity index is 863. The molecule has 0 saturated carbocycles. The van der Waals surface area contributed by atoms with Crippen LogP contribution < -0.4 is 10.0 Å². The molecule has 0 aromatic heterocycles. The second-order valence-electron chi connectivity index (χ2n) is 14.3. The molecule has 2 unspecified atom stereocenters. The van der Waals surface area contributed by atoms with Crippen LogP contribution in [0.3, 0.4) is 0 Å². The average Bonchev–Trinajstić information content (AvgIpc) is 3.14. The van der Waals surface area contributed by atoms with E-state index < -0.39 is 16.8 Å². The molecule has 2 atom stereocenters. The van der Waals surface area contributed by atoms with Crippen molar-refractivity contribution in [3.63, 3.8) is 0 Å². The predicted molar refractivity (Wildman–Crippen MR) is 218 cm³/mol. The lowest BCUT2D eigenvalue weighted by atomic mass is 9.83. The van der Waals surface area contributed by atoms with Gasteiger partial charge >= 0.3 is 17.9 Å². The normalized spacial score (nSPS) is 12.1. The first-order chi connectivity index (χ1) is 25.1. The summed E-state index contributed by atoms with van der Waals surface area (Å²) in [5.41, 5.74) is -1.34. The standard InChI is InChI=1S/C11H22O4.C10H20O2.C9H19NO2.C8H16O2.C2H6O.C2H6/c1-5-11(3,4)10(12)15-9-14-8-7-13-6-2;1-5-7-8-12-9(11)10(3,4)6-2;1-5-8(2)9(11)12-7-6-10(3)4;1-4-6-8(3,5-2)7(9)10;1-2-3;1-2/h5-9H2,1-4H3;5-8H2,1-4H3;8H,5-7H2,1-4H3;4-6H2,1-3H3,(H,9,10);3H,2H2,1H3;1-2H3. The van der Waals surface area contributed by atoms with Gasteiger partial charge in [0.15, 0.2) is 6.79 Å². The molecule has 0 aromatic carbocycles. The highest BCUT2D eigenvalue weighted by molar-refractivity contribution is 5.76. The number of aliphatic hydroxyl groups excluding tert-OH is 1. The van der Waals surface area contributed by atoms with Crippen LogP contribution in [0.2, 0.25) is 0 Å². The number of hydrogen-bond acceptors (Lipinski definition) is 11. The number of likely N-dealkylation sites (N-methyl/N-ethyl adjacent to an activating group) is 1. The van der Waals surface area contributed by atoms with Crippen molar-refractivity contribution < 1.29 is 58.0 Å². The van der Waals surface area contributed by atoms with E-state index in [-0.39, 0.29) is 42.6 Å². The highest BCUT2D eigenvalue weighted by Crippen LogP contribution is 2.26. The van der Waals surface area contributed by atoms with Crippen molar-refractivity contribution in [1.29, 1.82) is 0 Å². The van der Waals surface area contributed by atoms with Crippen LogP contribution in [-0.2, 0) is 42.9 Å². The summed E-state index contributed by atoms with van der Waals surface area (Å²) in [7, 11) is 4.08. The molecule has 0 aromatic rings. The van der Waals surface area contributed by atoms with Gasteiger partial charge < -0.3 is 43.6 Å². The lowest BCUT2D eigenvalue weighted by Gasteiger charge is -2.28. The molecule has 0 amide bonds. The summed E-state index contributed by atoms with van der Waals surface area (Å²) in [5.74, 6) is -1.24. The molecule has 0 aliphatic heterocycles. The fourth-order valence-corrected chi connectivity index (χ4v) is 3.04. The van der Waals surface area contributed by atoms with E-state index >= 15 is 0 Å². The Morgan fingerprint density at radius 3 is 1.48 bits per heavy atom. The number of aliphatic hydroxyl groups is 1. The molecule has 0 radical (unpaired) electrons. The maximum Gasteiger partial charge on any atom is 0.313 e. The number of hydrogen-bond donors (Lipinski definition) is 2. The minimum atomic E-state index is -0.920. The summed E-state index contributed by atoms with van der Waals surface area (Å²) in [4.78, 5) is 45.8. The quantitative estimate of drug-likeness (QED) is 0.0538. The van der Waals surface area contributed by atoms with E-state index in [4.69, 9.17) is 28.8 Å². The van der Waals surface area contributed by atoms with Gasteiger partial charge in [0.25, 0.3) is 0 Å². The molecule has 0 rings (SSSR count). The smallest absolute Gasteiger partial charge is 0.313 e. The van der Waals surface area contributed by atoms with Crippen molar-refractivity contribution in [3.8, 4) is 0 Å². The van der Waals surface area contributed by atoms with Crippen molar-refractivity contribution in [3.05, 3.63) is 0 Å². The van der Waals surface area contributed by atoms with Crippen molar-refractivity contribution in [2.24, 2.45) is 22.2 Å². The maximum absolute atomic E-state index is 11.5. The Morgan fingerprint density at radius 1 is 0.685 bits per heavy atom. The molecule has 0 aliphatic carbocycles. The molecular formula is C42H89NO11. The van der Waals surface area contributed by atoms with Crippen LogP contribution in [-0.4, -0.2) is 96.1 Å². The van der Waals surface area contributed by atoms with E-state index in [1.54, 1.807) is 13.8 Å². The summed E-state index contributed by atoms with van der Waals surface area (Å²) in [5, 5.41) is 18.1. The molecule has 0 spiro atoms. The highest BCUT2D eigenvalue weighted by atomic mass is 16.7. The molecule has 54 heavy (non-hydrogen) atoms. The highest BCUT2D eigenvalue weighted by Gasteiger charge is 2.27. The molecule has 12 heteroatoms. The van der Waals surface area contributed by atoms with Gasteiger partial charge in [-0.25, -0.2) is 0 Å². The van der Waals surface area contributed by atoms with Crippen molar-refractivity contribution in [2.45, 2.75) is 162 Å². The Balaban J connectivity index is -0.000000137. The molecule has 0 saturated heterocycles. The number of carboxylic acid groups (broad SMARTS) is 1. The third-order valence-electron chi connectivity index (χ3n) is 8.39. The number of rotatable bonds is 22. The Kier molecular flexibility index (Phi) is 49.4. The third kappa shape index (κ3) is 40.9. The van der Waals surface area contributed by atoms with E-state index in [1.807, 2.05) is 104 Å². The fraction of sp³-hybridized carbons (Fsp3) is 0.905. The van der Waals surface area contributed by atoms with E-state index in [1.165, 1.54) is 4.90 Å². The number of carbonyl (C=O) groups excluding carboxylic acids is 4. The Labute approximate surface area is 332 Å². The number of carbonyl (C=O) groups is 4. The number of unbranched alkanes of at least 4 members (excludes halogenated alkanes) is 1. The van der Waals surface area contributed by atoms with E-state index in [0.29, 0.717) is 45.9 Å². The van der Waals surface area contributed by atoms with Crippen LogP contribution in [0.5, 0.6) is 0 Å². The van der Waals surface area contributed by atoms with E-state index in [0.717, 1.165) is 45.1 Å². The molecule has 12 nitrogen and oxygen atoms in total. The van der Waals surface area contributed by atoms with Crippen LogP contribution >= 0.6 is 0 Å². The van der Waals surface area contributed by atoms with Gasteiger partial charge in [-0.2, -0.15) is 0 Å². The second kappa shape index (κ2) is 41.9. The molecule has 2 N–H and O–H groups in total. The van der Waals surface area contributed by atoms with Gasteiger partial charge in [0.05, 0.1) is 50.7 Å². The van der Waals surface area contributed by atoms with Crippen LogP contribution in [0.1, 0.15) is 162 Å². The zero-order valence-electron chi connectivity index (χ0n) is 38.4. The van der Waals surface area contributed by atoms with Gasteiger partial charge in [-0.15, -0.1) is 0 Å². The predicted octanol–water partition coefficient (Wildman–Crippen LogP) is 6.44. The Morgan fingerprint density at radius 2 is 1.15 bits per heavy atom. The first kappa shape index (κ1) is 63.7. The third-order valence-corrected chi connectivity index (χ3v) is 8.39. The SMILES string of the molecule is CC.CCC(C)C(=O)OCC[NH+](C)C.CCCC(C)(CC)C(=O)[O-].CCCCOC(=O)C(C)(C)CC.CCO.CCOCCOCOC(=O)C(C)(C)CC. The van der Waals surface area contributed by atoms with Gasteiger partial charge in [0, 0.05) is 24.6 Å². The molecule has 0 bridgehead atoms. The van der Waals surface area contributed by atoms with E-state index in [9.17, 15) is 24.3 Å². The zero-order valence-corrected chi connectivity index (χ0v) is 38.4. The van der Waals surface area contributed by atoms with Gasteiger partial charge in [-0.3, -0.25) is 14.4 Å². The molecule has 0 heterocycles. The minimum absolute atomic E-state index is 0.00926. The first-order valence-corrected chi connectivity index (χ1v) is 20.4. The van der Waals surface area contributed by atoms with Crippen LogP contribution in [0.15, 0.2) is 0 Å². The topological polar surface area (TPSA) is 162 Å². The number of quaternary nitrogens is 1. The number of esters is 3.